The quantitative estimate of drug-likeness (QED) is 0.446. The molecule has 1 fully saturated rings. The summed E-state index contributed by atoms with van der Waals surface area (Å²) in [5.74, 6) is -0.967. The molecule has 1 aliphatic rings. The first-order valence-electron chi connectivity index (χ1n) is 8.06. The van der Waals surface area contributed by atoms with Gasteiger partial charge in [-0.1, -0.05) is 76.6 Å². The summed E-state index contributed by atoms with van der Waals surface area (Å²) in [6, 6.07) is 17.4. The number of urea groups is 1. The van der Waals surface area contributed by atoms with Crippen LogP contribution in [0.4, 0.5) is 4.79 Å². The van der Waals surface area contributed by atoms with E-state index in [1.165, 1.54) is 0 Å². The fraction of sp³-hybridized carbons (Fsp3) is 0.211. The lowest BCUT2D eigenvalue weighted by Gasteiger charge is -2.27. The number of amides is 3. The van der Waals surface area contributed by atoms with Gasteiger partial charge >= 0.3 is 12.0 Å². The van der Waals surface area contributed by atoms with Crippen molar-refractivity contribution < 1.29 is 19.1 Å². The highest BCUT2D eigenvalue weighted by Gasteiger charge is 2.53. The van der Waals surface area contributed by atoms with Crippen LogP contribution < -0.4 is 5.32 Å². The third kappa shape index (κ3) is 3.22. The van der Waals surface area contributed by atoms with Crippen molar-refractivity contribution in [3.8, 4) is 0 Å². The van der Waals surface area contributed by atoms with E-state index in [0.717, 1.165) is 4.90 Å². The minimum atomic E-state index is -1.35. The third-order valence-electron chi connectivity index (χ3n) is 4.17. The number of nitrogens with one attached hydrogen (secondary N) is 1. The number of nitrogens with zero attached hydrogens (tertiary/aromatic N) is 1. The van der Waals surface area contributed by atoms with Crippen molar-refractivity contribution in [1.82, 2.24) is 10.2 Å². The zero-order valence-electron chi connectivity index (χ0n) is 13.9. The van der Waals surface area contributed by atoms with Crippen LogP contribution in [-0.4, -0.2) is 34.9 Å². The van der Waals surface area contributed by atoms with Crippen LogP contribution in [0, 0.1) is 0 Å². The Kier molecular flexibility index (Phi) is 5.37. The molecule has 1 heterocycles. The highest BCUT2D eigenvalue weighted by molar-refractivity contribution is 9.09. The molecule has 0 bridgehead atoms. The number of ether oxygens (including phenoxy) is 1. The molecule has 0 atom stereocenters. The van der Waals surface area contributed by atoms with E-state index in [4.69, 9.17) is 4.74 Å². The smallest absolute Gasteiger partial charge is 0.328 e. The first-order valence-corrected chi connectivity index (χ1v) is 9.18. The van der Waals surface area contributed by atoms with Gasteiger partial charge in [0.05, 0.1) is 6.42 Å². The second kappa shape index (κ2) is 7.70. The SMILES string of the molecule is O=C(CCBr)OCN1C(=O)NC(c2ccccc2)(c2ccccc2)C1=O. The van der Waals surface area contributed by atoms with Crippen molar-refractivity contribution >= 4 is 33.8 Å². The van der Waals surface area contributed by atoms with Crippen LogP contribution in [0.1, 0.15) is 17.5 Å². The lowest BCUT2D eigenvalue weighted by Crippen LogP contribution is -2.45. The molecule has 3 amide bonds. The topological polar surface area (TPSA) is 75.7 Å². The van der Waals surface area contributed by atoms with E-state index in [1.807, 2.05) is 12.1 Å². The van der Waals surface area contributed by atoms with Gasteiger partial charge in [0.15, 0.2) is 12.3 Å². The Morgan fingerprint density at radius 2 is 1.54 bits per heavy atom. The van der Waals surface area contributed by atoms with E-state index < -0.39 is 30.2 Å². The van der Waals surface area contributed by atoms with Gasteiger partial charge in [-0.15, -0.1) is 0 Å². The van der Waals surface area contributed by atoms with E-state index in [1.54, 1.807) is 48.5 Å². The summed E-state index contributed by atoms with van der Waals surface area (Å²) in [6.45, 7) is -0.419. The lowest BCUT2D eigenvalue weighted by atomic mass is 9.83. The molecule has 134 valence electrons. The van der Waals surface area contributed by atoms with Gasteiger partial charge in [-0.25, -0.2) is 9.69 Å². The Morgan fingerprint density at radius 3 is 2.04 bits per heavy atom. The summed E-state index contributed by atoms with van der Waals surface area (Å²) in [5.41, 5.74) is -0.0702. The van der Waals surface area contributed by atoms with Crippen molar-refractivity contribution in [2.75, 3.05) is 12.1 Å². The molecule has 26 heavy (non-hydrogen) atoms. The molecule has 2 aromatic carbocycles. The monoisotopic (exact) mass is 416 g/mol. The molecule has 7 heteroatoms. The van der Waals surface area contributed by atoms with Crippen molar-refractivity contribution in [2.45, 2.75) is 12.0 Å². The predicted molar refractivity (Wildman–Crippen MR) is 98.4 cm³/mol. The largest absolute Gasteiger partial charge is 0.444 e. The summed E-state index contributed by atoms with van der Waals surface area (Å²) >= 11 is 3.15. The summed E-state index contributed by atoms with van der Waals surface area (Å²) in [4.78, 5) is 38.3. The molecule has 1 saturated heterocycles. The van der Waals surface area contributed by atoms with E-state index in [0.29, 0.717) is 16.5 Å². The van der Waals surface area contributed by atoms with Crippen molar-refractivity contribution in [3.63, 3.8) is 0 Å². The molecule has 3 rings (SSSR count). The fourth-order valence-electron chi connectivity index (χ4n) is 2.91. The Labute approximate surface area is 159 Å². The van der Waals surface area contributed by atoms with Gasteiger partial charge in [0, 0.05) is 5.33 Å². The maximum Gasteiger partial charge on any atom is 0.328 e. The van der Waals surface area contributed by atoms with Crippen LogP contribution in [0.15, 0.2) is 60.7 Å². The molecule has 0 saturated carbocycles. The van der Waals surface area contributed by atoms with E-state index in [9.17, 15) is 14.4 Å². The van der Waals surface area contributed by atoms with Crippen LogP contribution in [0.2, 0.25) is 0 Å². The van der Waals surface area contributed by atoms with Gasteiger partial charge in [-0.05, 0) is 11.1 Å². The molecule has 0 radical (unpaired) electrons. The number of carbonyl (C=O) groups is 3. The number of hydrogen-bond acceptors (Lipinski definition) is 4. The summed E-state index contributed by atoms with van der Waals surface area (Å²) < 4.78 is 5.05. The standard InChI is InChI=1S/C19H17BrN2O4/c20-12-11-16(23)26-13-22-17(24)19(21-18(22)25,14-7-3-1-4-8-14)15-9-5-2-6-10-15/h1-10H,11-13H2,(H,21,25). The number of benzene rings is 2. The molecule has 1 N–H and O–H groups in total. The van der Waals surface area contributed by atoms with Crippen LogP contribution in [-0.2, 0) is 19.9 Å². The van der Waals surface area contributed by atoms with E-state index in [2.05, 4.69) is 21.2 Å². The average Bonchev–Trinajstić information content (AvgIpc) is 2.93. The number of esters is 1. The number of hydrogen-bond donors (Lipinski definition) is 1. The molecule has 0 spiro atoms. The molecule has 0 aromatic heterocycles. The zero-order chi connectivity index (χ0) is 18.6. The first-order chi connectivity index (χ1) is 12.6. The zero-order valence-corrected chi connectivity index (χ0v) is 15.4. The maximum atomic E-state index is 13.3. The minimum absolute atomic E-state index is 0.159. The van der Waals surface area contributed by atoms with Crippen LogP contribution in [0.25, 0.3) is 0 Å². The van der Waals surface area contributed by atoms with Gasteiger partial charge in [0.25, 0.3) is 5.91 Å². The van der Waals surface area contributed by atoms with Crippen LogP contribution >= 0.6 is 15.9 Å². The third-order valence-corrected chi connectivity index (χ3v) is 4.57. The van der Waals surface area contributed by atoms with Crippen LogP contribution in [0.5, 0.6) is 0 Å². The second-order valence-electron chi connectivity index (χ2n) is 5.73. The molecular weight excluding hydrogens is 400 g/mol. The summed E-state index contributed by atoms with van der Waals surface area (Å²) in [7, 11) is 0. The van der Waals surface area contributed by atoms with Gasteiger partial charge in [-0.2, -0.15) is 0 Å². The summed E-state index contributed by atoms with van der Waals surface area (Å²) in [6.07, 6.45) is 0.159. The number of alkyl halides is 1. The maximum absolute atomic E-state index is 13.3. The molecule has 6 nitrogen and oxygen atoms in total. The molecule has 2 aromatic rings. The van der Waals surface area contributed by atoms with Gasteiger partial charge < -0.3 is 10.1 Å². The Hall–Kier alpha value is -2.67. The van der Waals surface area contributed by atoms with E-state index >= 15 is 0 Å². The van der Waals surface area contributed by atoms with Crippen molar-refractivity contribution in [2.24, 2.45) is 0 Å². The highest BCUT2D eigenvalue weighted by Crippen LogP contribution is 2.35. The number of imide groups is 1. The molecule has 0 aliphatic carbocycles. The normalized spacial score (nSPS) is 15.7. The Balaban J connectivity index is 1.97. The molecule has 1 aliphatic heterocycles. The minimum Gasteiger partial charge on any atom is -0.444 e. The van der Waals surface area contributed by atoms with Crippen LogP contribution in [0.3, 0.4) is 0 Å². The predicted octanol–water partition coefficient (Wildman–Crippen LogP) is 2.77. The number of rotatable bonds is 6. The Bertz CT molecular complexity index is 771. The van der Waals surface area contributed by atoms with E-state index in [-0.39, 0.29) is 6.42 Å². The fourth-order valence-corrected chi connectivity index (χ4v) is 3.24. The molecular formula is C19H17BrN2O4. The second-order valence-corrected chi connectivity index (χ2v) is 6.52. The van der Waals surface area contributed by atoms with Gasteiger partial charge in [0.1, 0.15) is 0 Å². The van der Waals surface area contributed by atoms with Gasteiger partial charge in [-0.3, -0.25) is 9.59 Å². The summed E-state index contributed by atoms with van der Waals surface area (Å²) in [5, 5.41) is 3.24. The van der Waals surface area contributed by atoms with Gasteiger partial charge in [0.2, 0.25) is 0 Å². The number of halogens is 1. The lowest BCUT2D eigenvalue weighted by molar-refractivity contribution is -0.149. The first kappa shape index (κ1) is 18.1. The van der Waals surface area contributed by atoms with Crippen molar-refractivity contribution in [3.05, 3.63) is 71.8 Å². The Morgan fingerprint density at radius 1 is 1.00 bits per heavy atom. The van der Waals surface area contributed by atoms with Crippen molar-refractivity contribution in [1.29, 1.82) is 0 Å². The molecule has 0 unspecified atom stereocenters. The highest BCUT2D eigenvalue weighted by atomic mass is 79.9. The number of carbonyl (C=O) groups excluding carboxylic acids is 3. The average molecular weight is 417 g/mol.